The van der Waals surface area contributed by atoms with E-state index in [-0.39, 0.29) is 10.8 Å². The van der Waals surface area contributed by atoms with Crippen molar-refractivity contribution in [1.82, 2.24) is 4.90 Å². The maximum Gasteiger partial charge on any atom is 0.102 e. The van der Waals surface area contributed by atoms with Crippen molar-refractivity contribution in [1.29, 1.82) is 0 Å². The molecule has 1 heterocycles. The van der Waals surface area contributed by atoms with Crippen LogP contribution >= 0.6 is 0 Å². The molecular weight excluding hydrogens is 316 g/mol. The van der Waals surface area contributed by atoms with E-state index in [1.54, 1.807) is 0 Å². The summed E-state index contributed by atoms with van der Waals surface area (Å²) in [6, 6.07) is 13.9. The van der Waals surface area contributed by atoms with Crippen molar-refractivity contribution in [2.75, 3.05) is 11.9 Å². The summed E-state index contributed by atoms with van der Waals surface area (Å²) in [6.07, 6.45) is 4.71. The number of anilines is 1. The molecule has 1 aliphatic heterocycles. The second kappa shape index (κ2) is 5.39. The molecule has 0 spiro atoms. The second-order valence-corrected chi connectivity index (χ2v) is 8.98. The summed E-state index contributed by atoms with van der Waals surface area (Å²) in [4.78, 5) is 4.64. The molecule has 1 atom stereocenters. The highest BCUT2D eigenvalue weighted by Gasteiger charge is 2.42. The van der Waals surface area contributed by atoms with Crippen molar-refractivity contribution in [3.05, 3.63) is 76.6 Å². The SMILES string of the molecule is Cc1cc2c(cc1N1C=CN(C)[C@@H]1C)C(C)(C)c1ccccc1C2(C)C. The first-order valence-electron chi connectivity index (χ1n) is 9.60. The number of hydrogen-bond acceptors (Lipinski definition) is 2. The lowest BCUT2D eigenvalue weighted by Crippen LogP contribution is -2.38. The molecule has 2 heteroatoms. The molecule has 0 saturated heterocycles. The van der Waals surface area contributed by atoms with Crippen LogP contribution in [0.2, 0.25) is 0 Å². The lowest BCUT2D eigenvalue weighted by molar-refractivity contribution is 0.382. The third-order valence-corrected chi connectivity index (χ3v) is 6.69. The van der Waals surface area contributed by atoms with Crippen molar-refractivity contribution < 1.29 is 0 Å². The average Bonchev–Trinajstić information content (AvgIpc) is 2.93. The Morgan fingerprint density at radius 1 is 0.808 bits per heavy atom. The van der Waals surface area contributed by atoms with Crippen molar-refractivity contribution in [3.63, 3.8) is 0 Å². The molecule has 2 aliphatic rings. The lowest BCUT2D eigenvalue weighted by atomic mass is 9.59. The van der Waals surface area contributed by atoms with Gasteiger partial charge in [-0.05, 0) is 47.7 Å². The van der Waals surface area contributed by atoms with Crippen LogP contribution in [0.15, 0.2) is 48.8 Å². The summed E-state index contributed by atoms with van der Waals surface area (Å²) in [5.74, 6) is 0. The van der Waals surface area contributed by atoms with Gasteiger partial charge in [0.05, 0.1) is 0 Å². The standard InChI is InChI=1S/C24H30N2/c1-16-14-20-21(15-22(16)26-13-12-25(7)17(26)2)24(5,6)19-11-9-8-10-18(19)23(20,3)4/h8-15,17H,1-7H3/t17-/m0/s1. The molecule has 1 aliphatic carbocycles. The van der Waals surface area contributed by atoms with Gasteiger partial charge >= 0.3 is 0 Å². The van der Waals surface area contributed by atoms with Crippen LogP contribution in [0.4, 0.5) is 5.69 Å². The molecule has 2 aromatic carbocycles. The van der Waals surface area contributed by atoms with E-state index in [9.17, 15) is 0 Å². The third kappa shape index (κ3) is 2.17. The van der Waals surface area contributed by atoms with E-state index >= 15 is 0 Å². The molecule has 0 bridgehead atoms. The van der Waals surface area contributed by atoms with E-state index in [1.807, 2.05) is 0 Å². The first kappa shape index (κ1) is 17.2. The lowest BCUT2D eigenvalue weighted by Gasteiger charge is -2.44. The highest BCUT2D eigenvalue weighted by Crippen LogP contribution is 2.51. The Labute approximate surface area is 158 Å². The van der Waals surface area contributed by atoms with Gasteiger partial charge in [-0.15, -0.1) is 0 Å². The van der Waals surface area contributed by atoms with Gasteiger partial charge in [0.2, 0.25) is 0 Å². The summed E-state index contributed by atoms with van der Waals surface area (Å²) < 4.78 is 0. The van der Waals surface area contributed by atoms with E-state index in [0.29, 0.717) is 6.17 Å². The third-order valence-electron chi connectivity index (χ3n) is 6.69. The predicted octanol–water partition coefficient (Wildman–Crippen LogP) is 5.53. The van der Waals surface area contributed by atoms with Gasteiger partial charge in [-0.2, -0.15) is 0 Å². The number of fused-ring (bicyclic) bond motifs is 2. The number of aryl methyl sites for hydroxylation is 1. The molecule has 0 fully saturated rings. The Hall–Kier alpha value is -2.22. The van der Waals surface area contributed by atoms with Crippen LogP contribution in [0, 0.1) is 6.92 Å². The fourth-order valence-corrected chi connectivity index (χ4v) is 4.78. The molecule has 0 amide bonds. The number of rotatable bonds is 1. The minimum Gasteiger partial charge on any atom is -0.359 e. The molecule has 2 aromatic rings. The Kier molecular flexibility index (Phi) is 3.57. The smallest absolute Gasteiger partial charge is 0.102 e. The van der Waals surface area contributed by atoms with Crippen molar-refractivity contribution >= 4 is 5.69 Å². The maximum absolute atomic E-state index is 2.45. The highest BCUT2D eigenvalue weighted by atomic mass is 15.4. The summed E-state index contributed by atoms with van der Waals surface area (Å²) in [7, 11) is 2.14. The fourth-order valence-electron chi connectivity index (χ4n) is 4.78. The second-order valence-electron chi connectivity index (χ2n) is 8.98. The summed E-state index contributed by atoms with van der Waals surface area (Å²) in [5.41, 5.74) is 8.52. The number of benzene rings is 2. The van der Waals surface area contributed by atoms with E-state index in [2.05, 4.69) is 107 Å². The quantitative estimate of drug-likeness (QED) is 0.670. The Bertz CT molecular complexity index is 904. The van der Waals surface area contributed by atoms with Crippen LogP contribution in [-0.4, -0.2) is 18.1 Å². The van der Waals surface area contributed by atoms with Gasteiger partial charge in [0, 0.05) is 36.0 Å². The van der Waals surface area contributed by atoms with Gasteiger partial charge < -0.3 is 9.80 Å². The summed E-state index contributed by atoms with van der Waals surface area (Å²) in [5, 5.41) is 0. The van der Waals surface area contributed by atoms with E-state index in [4.69, 9.17) is 0 Å². The molecule has 0 saturated carbocycles. The van der Waals surface area contributed by atoms with Crippen LogP contribution in [0.3, 0.4) is 0 Å². The largest absolute Gasteiger partial charge is 0.359 e. The zero-order valence-corrected chi connectivity index (χ0v) is 17.1. The van der Waals surface area contributed by atoms with Crippen molar-refractivity contribution in [3.8, 4) is 0 Å². The molecule has 2 nitrogen and oxygen atoms in total. The van der Waals surface area contributed by atoms with E-state index in [1.165, 1.54) is 33.5 Å². The van der Waals surface area contributed by atoms with Crippen LogP contribution in [0.1, 0.15) is 62.4 Å². The van der Waals surface area contributed by atoms with Crippen LogP contribution in [0.5, 0.6) is 0 Å². The van der Waals surface area contributed by atoms with Gasteiger partial charge in [-0.1, -0.05) is 58.0 Å². The Morgan fingerprint density at radius 2 is 1.35 bits per heavy atom. The summed E-state index contributed by atoms with van der Waals surface area (Å²) in [6.45, 7) is 14.0. The average molecular weight is 347 g/mol. The minimum atomic E-state index is 0.00246. The topological polar surface area (TPSA) is 6.48 Å². The van der Waals surface area contributed by atoms with Crippen LogP contribution in [0.25, 0.3) is 0 Å². The molecule has 0 N–H and O–H groups in total. The fraction of sp³-hybridized carbons (Fsp3) is 0.417. The molecular formula is C24H30N2. The molecule has 4 rings (SSSR count). The first-order chi connectivity index (χ1) is 12.2. The Balaban J connectivity index is 1.95. The van der Waals surface area contributed by atoms with Crippen LogP contribution < -0.4 is 4.90 Å². The first-order valence-corrected chi connectivity index (χ1v) is 9.60. The number of nitrogens with zero attached hydrogens (tertiary/aromatic N) is 2. The van der Waals surface area contributed by atoms with E-state index < -0.39 is 0 Å². The molecule has 0 aromatic heterocycles. The molecule has 0 unspecified atom stereocenters. The Morgan fingerprint density at radius 3 is 1.85 bits per heavy atom. The zero-order valence-electron chi connectivity index (χ0n) is 17.1. The highest BCUT2D eigenvalue weighted by molar-refractivity contribution is 5.67. The van der Waals surface area contributed by atoms with Gasteiger partial charge in [-0.3, -0.25) is 0 Å². The van der Waals surface area contributed by atoms with E-state index in [0.717, 1.165) is 0 Å². The normalized spacial score (nSPS) is 22.3. The van der Waals surface area contributed by atoms with Gasteiger partial charge in [-0.25, -0.2) is 0 Å². The van der Waals surface area contributed by atoms with Crippen molar-refractivity contribution in [2.45, 2.75) is 58.5 Å². The molecule has 26 heavy (non-hydrogen) atoms. The monoisotopic (exact) mass is 346 g/mol. The van der Waals surface area contributed by atoms with Gasteiger partial charge in [0.15, 0.2) is 0 Å². The number of hydrogen-bond donors (Lipinski definition) is 0. The minimum absolute atomic E-state index is 0.00246. The predicted molar refractivity (Wildman–Crippen MR) is 111 cm³/mol. The maximum atomic E-state index is 2.45. The molecule has 136 valence electrons. The zero-order chi connectivity index (χ0) is 18.9. The molecule has 0 radical (unpaired) electrons. The van der Waals surface area contributed by atoms with Gasteiger partial charge in [0.25, 0.3) is 0 Å². The van der Waals surface area contributed by atoms with Crippen molar-refractivity contribution in [2.24, 2.45) is 0 Å². The van der Waals surface area contributed by atoms with Gasteiger partial charge in [0.1, 0.15) is 6.17 Å². The van der Waals surface area contributed by atoms with Crippen LogP contribution in [-0.2, 0) is 10.8 Å². The summed E-state index contributed by atoms with van der Waals surface area (Å²) >= 11 is 0.